The van der Waals surface area contributed by atoms with E-state index < -0.39 is 5.63 Å². The molecule has 0 fully saturated rings. The van der Waals surface area contributed by atoms with Crippen LogP contribution < -0.4 is 5.63 Å². The fourth-order valence-corrected chi connectivity index (χ4v) is 2.74. The van der Waals surface area contributed by atoms with Gasteiger partial charge in [0.2, 0.25) is 0 Å². The molecule has 2 rings (SSSR count). The molecule has 0 aliphatic heterocycles. The molecule has 0 aliphatic carbocycles. The highest BCUT2D eigenvalue weighted by Crippen LogP contribution is 2.14. The summed E-state index contributed by atoms with van der Waals surface area (Å²) in [4.78, 5) is 35.0. The van der Waals surface area contributed by atoms with Gasteiger partial charge in [0.15, 0.2) is 0 Å². The Hall–Kier alpha value is -2.50. The van der Waals surface area contributed by atoms with Crippen molar-refractivity contribution in [3.05, 3.63) is 57.7 Å². The van der Waals surface area contributed by atoms with Gasteiger partial charge in [0.1, 0.15) is 11.3 Å². The molecule has 1 atom stereocenters. The van der Waals surface area contributed by atoms with E-state index in [0.29, 0.717) is 30.1 Å². The third-order valence-corrected chi connectivity index (χ3v) is 4.48. The van der Waals surface area contributed by atoms with Crippen LogP contribution in [0.15, 0.2) is 33.9 Å². The van der Waals surface area contributed by atoms with Gasteiger partial charge in [-0.05, 0) is 37.8 Å². The first-order valence-electron chi connectivity index (χ1n) is 8.95. The molecule has 6 nitrogen and oxygen atoms in total. The number of aryl methyl sites for hydroxylation is 2. The first-order valence-corrected chi connectivity index (χ1v) is 8.95. The lowest BCUT2D eigenvalue weighted by Crippen LogP contribution is -2.39. The minimum Gasteiger partial charge on any atom is -0.427 e. The van der Waals surface area contributed by atoms with E-state index in [2.05, 4.69) is 23.8 Å². The van der Waals surface area contributed by atoms with Crippen molar-refractivity contribution in [1.82, 2.24) is 14.9 Å². The van der Waals surface area contributed by atoms with Crippen molar-refractivity contribution in [3.63, 3.8) is 0 Å². The van der Waals surface area contributed by atoms with Gasteiger partial charge < -0.3 is 9.32 Å². The Morgan fingerprint density at radius 1 is 1.27 bits per heavy atom. The van der Waals surface area contributed by atoms with Crippen molar-refractivity contribution in [2.75, 3.05) is 7.05 Å². The van der Waals surface area contributed by atoms with Crippen LogP contribution >= 0.6 is 0 Å². The summed E-state index contributed by atoms with van der Waals surface area (Å²) < 4.78 is 5.38. The number of hydrogen-bond acceptors (Lipinski definition) is 5. The van der Waals surface area contributed by atoms with Gasteiger partial charge in [0, 0.05) is 44.5 Å². The number of carbonyl (C=O) groups excluding carboxylic acids is 1. The van der Waals surface area contributed by atoms with Crippen molar-refractivity contribution in [3.8, 4) is 0 Å². The van der Waals surface area contributed by atoms with E-state index in [0.717, 1.165) is 12.1 Å². The van der Waals surface area contributed by atoms with Crippen LogP contribution in [0.5, 0.6) is 0 Å². The van der Waals surface area contributed by atoms with Crippen molar-refractivity contribution in [2.45, 2.75) is 53.0 Å². The zero-order valence-corrected chi connectivity index (χ0v) is 16.2. The minimum atomic E-state index is -0.563. The third-order valence-electron chi connectivity index (χ3n) is 4.48. The Balaban J connectivity index is 2.16. The lowest BCUT2D eigenvalue weighted by atomic mass is 10.0. The van der Waals surface area contributed by atoms with E-state index in [9.17, 15) is 9.59 Å². The second kappa shape index (κ2) is 8.74. The van der Waals surface area contributed by atoms with Gasteiger partial charge in [-0.3, -0.25) is 14.8 Å². The maximum atomic E-state index is 12.8. The molecule has 0 radical (unpaired) electrons. The Kier molecular flexibility index (Phi) is 6.66. The van der Waals surface area contributed by atoms with Crippen LogP contribution in [-0.2, 0) is 12.8 Å². The lowest BCUT2D eigenvalue weighted by molar-refractivity contribution is 0.0737. The van der Waals surface area contributed by atoms with Crippen molar-refractivity contribution < 1.29 is 9.21 Å². The molecule has 0 saturated carbocycles. The zero-order chi connectivity index (χ0) is 19.3. The molecule has 0 aromatic carbocycles. The molecule has 140 valence electrons. The summed E-state index contributed by atoms with van der Waals surface area (Å²) in [6.07, 6.45) is 7.10. The summed E-state index contributed by atoms with van der Waals surface area (Å²) in [6, 6.07) is 1.68. The predicted molar refractivity (Wildman–Crippen MR) is 100 cm³/mol. The number of rotatable bonds is 7. The average Bonchev–Trinajstić information content (AvgIpc) is 2.59. The zero-order valence-electron chi connectivity index (χ0n) is 16.2. The number of amides is 1. The topological polar surface area (TPSA) is 76.3 Å². The molecule has 6 heteroatoms. The van der Waals surface area contributed by atoms with E-state index in [1.54, 1.807) is 43.5 Å². The molecule has 2 heterocycles. The van der Waals surface area contributed by atoms with Gasteiger partial charge in [0.25, 0.3) is 5.91 Å². The van der Waals surface area contributed by atoms with Crippen molar-refractivity contribution >= 4 is 5.91 Å². The van der Waals surface area contributed by atoms with E-state index in [4.69, 9.17) is 4.42 Å². The van der Waals surface area contributed by atoms with Crippen LogP contribution in [0.25, 0.3) is 0 Å². The number of hydrogen-bond donors (Lipinski definition) is 0. The number of nitrogens with zero attached hydrogens (tertiary/aromatic N) is 3. The molecule has 0 spiro atoms. The van der Waals surface area contributed by atoms with Crippen LogP contribution in [0.1, 0.15) is 54.6 Å². The summed E-state index contributed by atoms with van der Waals surface area (Å²) in [5.74, 6) is 0.825. The number of aromatic nitrogens is 2. The Bertz CT molecular complexity index is 800. The fraction of sp³-hybridized carbons (Fsp3) is 0.500. The van der Waals surface area contributed by atoms with E-state index in [1.807, 2.05) is 6.92 Å². The summed E-state index contributed by atoms with van der Waals surface area (Å²) in [7, 11) is 1.69. The lowest BCUT2D eigenvalue weighted by Gasteiger charge is -2.25. The van der Waals surface area contributed by atoms with E-state index in [1.165, 1.54) is 0 Å². The van der Waals surface area contributed by atoms with Gasteiger partial charge >= 0.3 is 5.63 Å². The first kappa shape index (κ1) is 19.8. The molecule has 0 aliphatic rings. The summed E-state index contributed by atoms with van der Waals surface area (Å²) in [5, 5.41) is 0. The fourth-order valence-electron chi connectivity index (χ4n) is 2.74. The summed E-state index contributed by atoms with van der Waals surface area (Å²) in [5.41, 5.74) is 0.995. The van der Waals surface area contributed by atoms with Gasteiger partial charge in [-0.15, -0.1) is 0 Å². The summed E-state index contributed by atoms with van der Waals surface area (Å²) >= 11 is 0. The standard InChI is InChI=1S/C20H27N3O3/c1-13(2)6-7-17-10-14(3)18(20(25)26-17)19(24)23(5)15(4)11-16-12-21-8-9-22-16/h8-10,12-13,15H,6-7,11H2,1-5H3. The Labute approximate surface area is 154 Å². The van der Waals surface area contributed by atoms with Gasteiger partial charge in [-0.1, -0.05) is 13.8 Å². The molecule has 2 aromatic heterocycles. The van der Waals surface area contributed by atoms with Crippen molar-refractivity contribution in [2.24, 2.45) is 5.92 Å². The van der Waals surface area contributed by atoms with E-state index in [-0.39, 0.29) is 17.5 Å². The Morgan fingerprint density at radius 2 is 2.00 bits per heavy atom. The number of carbonyl (C=O) groups is 1. The molecule has 2 aromatic rings. The quantitative estimate of drug-likeness (QED) is 0.761. The van der Waals surface area contributed by atoms with Crippen LogP contribution in [0, 0.1) is 12.8 Å². The van der Waals surface area contributed by atoms with Crippen LogP contribution in [-0.4, -0.2) is 33.9 Å². The SMILES string of the molecule is Cc1cc(CCC(C)C)oc(=O)c1C(=O)N(C)C(C)Cc1cnccn1. The van der Waals surface area contributed by atoms with Crippen molar-refractivity contribution in [1.29, 1.82) is 0 Å². The molecule has 0 N–H and O–H groups in total. The second-order valence-corrected chi connectivity index (χ2v) is 7.16. The molecule has 0 bridgehead atoms. The summed E-state index contributed by atoms with van der Waals surface area (Å²) in [6.45, 7) is 7.94. The van der Waals surface area contributed by atoms with Crippen LogP contribution in [0.4, 0.5) is 0 Å². The smallest absolute Gasteiger partial charge is 0.349 e. The largest absolute Gasteiger partial charge is 0.427 e. The monoisotopic (exact) mass is 357 g/mol. The van der Waals surface area contributed by atoms with Gasteiger partial charge in [0.05, 0.1) is 5.69 Å². The predicted octanol–water partition coefficient (Wildman–Crippen LogP) is 3.03. The maximum Gasteiger partial charge on any atom is 0.349 e. The molecular weight excluding hydrogens is 330 g/mol. The minimum absolute atomic E-state index is 0.104. The third kappa shape index (κ3) is 5.00. The van der Waals surface area contributed by atoms with Crippen LogP contribution in [0.2, 0.25) is 0 Å². The number of likely N-dealkylation sites (N-methyl/N-ethyl adjacent to an activating group) is 1. The average molecular weight is 357 g/mol. The van der Waals surface area contributed by atoms with Crippen LogP contribution in [0.3, 0.4) is 0 Å². The normalized spacial score (nSPS) is 12.2. The first-order chi connectivity index (χ1) is 12.3. The molecule has 1 unspecified atom stereocenters. The van der Waals surface area contributed by atoms with Gasteiger partial charge in [-0.2, -0.15) is 0 Å². The molecule has 1 amide bonds. The highest BCUT2D eigenvalue weighted by molar-refractivity contribution is 5.95. The second-order valence-electron chi connectivity index (χ2n) is 7.16. The van der Waals surface area contributed by atoms with E-state index >= 15 is 0 Å². The molecular formula is C20H27N3O3. The molecule has 26 heavy (non-hydrogen) atoms. The molecule has 0 saturated heterocycles. The van der Waals surface area contributed by atoms with Gasteiger partial charge in [-0.25, -0.2) is 4.79 Å². The highest BCUT2D eigenvalue weighted by atomic mass is 16.4. The maximum absolute atomic E-state index is 12.8. The highest BCUT2D eigenvalue weighted by Gasteiger charge is 2.24. The Morgan fingerprint density at radius 3 is 2.58 bits per heavy atom.